The number of pyridine rings is 1. The molecule has 0 saturated heterocycles. The minimum Gasteiger partial charge on any atom is -0.426 e. The first kappa shape index (κ1) is 12.1. The van der Waals surface area contributed by atoms with Crippen molar-refractivity contribution in [3.05, 3.63) is 65.7 Å². The molecule has 0 bridgehead atoms. The summed E-state index contributed by atoms with van der Waals surface area (Å²) < 4.78 is 20.1. The number of fused-ring (bicyclic) bond motifs is 2. The second kappa shape index (κ2) is 4.41. The highest BCUT2D eigenvalue weighted by Crippen LogP contribution is 2.33. The van der Waals surface area contributed by atoms with Crippen LogP contribution in [0.25, 0.3) is 5.52 Å². The lowest BCUT2D eigenvalue weighted by atomic mass is 9.93. The van der Waals surface area contributed by atoms with Crippen molar-refractivity contribution in [3.8, 4) is 5.75 Å². The average molecular weight is 282 g/mol. The van der Waals surface area contributed by atoms with Gasteiger partial charge in [0.05, 0.1) is 11.2 Å². The number of benzene rings is 1. The maximum Gasteiger partial charge on any atom is 0.320 e. The van der Waals surface area contributed by atoms with E-state index in [0.717, 1.165) is 11.1 Å². The van der Waals surface area contributed by atoms with Gasteiger partial charge in [-0.3, -0.25) is 4.79 Å². The van der Waals surface area contributed by atoms with Crippen LogP contribution in [0, 0.1) is 5.82 Å². The molecule has 2 aromatic heterocycles. The number of carbonyl (C=O) groups excluding carboxylic acids is 1. The van der Waals surface area contributed by atoms with E-state index in [2.05, 4.69) is 5.10 Å². The second-order valence-corrected chi connectivity index (χ2v) is 5.07. The zero-order valence-electron chi connectivity index (χ0n) is 11.0. The van der Waals surface area contributed by atoms with Crippen molar-refractivity contribution in [2.24, 2.45) is 0 Å². The van der Waals surface area contributed by atoms with Gasteiger partial charge >= 0.3 is 5.97 Å². The number of esters is 1. The van der Waals surface area contributed by atoms with Gasteiger partial charge < -0.3 is 4.74 Å². The third kappa shape index (κ3) is 1.98. The first-order valence-electron chi connectivity index (χ1n) is 6.65. The Labute approximate surface area is 119 Å². The molecule has 104 valence electrons. The molecule has 3 heterocycles. The van der Waals surface area contributed by atoms with Crippen LogP contribution in [0.5, 0.6) is 5.75 Å². The van der Waals surface area contributed by atoms with Crippen molar-refractivity contribution >= 4 is 11.5 Å². The number of rotatable bonds is 1. The van der Waals surface area contributed by atoms with Crippen molar-refractivity contribution in [3.63, 3.8) is 0 Å². The van der Waals surface area contributed by atoms with Gasteiger partial charge in [0.1, 0.15) is 17.5 Å². The Morgan fingerprint density at radius 2 is 2.14 bits per heavy atom. The Bertz CT molecular complexity index is 823. The van der Waals surface area contributed by atoms with Crippen LogP contribution in [0.15, 0.2) is 48.7 Å². The van der Waals surface area contributed by atoms with Crippen molar-refractivity contribution in [2.45, 2.75) is 12.3 Å². The lowest BCUT2D eigenvalue weighted by molar-refractivity contribution is -0.137. The van der Waals surface area contributed by atoms with E-state index in [-0.39, 0.29) is 0 Å². The topological polar surface area (TPSA) is 43.6 Å². The molecular weight excluding hydrogens is 271 g/mol. The number of ether oxygens (including phenoxy) is 1. The summed E-state index contributed by atoms with van der Waals surface area (Å²) in [6, 6.07) is 11.9. The van der Waals surface area contributed by atoms with Crippen LogP contribution in [0.2, 0.25) is 0 Å². The first-order valence-corrected chi connectivity index (χ1v) is 6.65. The van der Waals surface area contributed by atoms with E-state index < -0.39 is 17.7 Å². The Hall–Kier alpha value is -2.69. The third-order valence-electron chi connectivity index (χ3n) is 3.69. The van der Waals surface area contributed by atoms with E-state index in [1.807, 2.05) is 30.5 Å². The predicted molar refractivity (Wildman–Crippen MR) is 73.7 cm³/mol. The molecule has 1 aromatic carbocycles. The fourth-order valence-electron chi connectivity index (χ4n) is 2.63. The molecule has 0 aliphatic carbocycles. The van der Waals surface area contributed by atoms with Crippen LogP contribution in [-0.4, -0.2) is 15.6 Å². The second-order valence-electron chi connectivity index (χ2n) is 5.07. The van der Waals surface area contributed by atoms with E-state index in [4.69, 9.17) is 4.74 Å². The monoisotopic (exact) mass is 282 g/mol. The normalized spacial score (nSPS) is 17.6. The molecule has 1 unspecified atom stereocenters. The van der Waals surface area contributed by atoms with Gasteiger partial charge in [0, 0.05) is 12.3 Å². The van der Waals surface area contributed by atoms with Gasteiger partial charge in [-0.1, -0.05) is 12.1 Å². The Morgan fingerprint density at radius 1 is 1.24 bits per heavy atom. The Kier molecular flexibility index (Phi) is 2.54. The summed E-state index contributed by atoms with van der Waals surface area (Å²) in [4.78, 5) is 12.2. The van der Waals surface area contributed by atoms with E-state index in [9.17, 15) is 9.18 Å². The largest absolute Gasteiger partial charge is 0.426 e. The smallest absolute Gasteiger partial charge is 0.320 e. The SMILES string of the molecule is O=C1Oc2cc(F)ccc2CC1c1cc2ccccn2n1. The van der Waals surface area contributed by atoms with E-state index in [1.165, 1.54) is 12.1 Å². The van der Waals surface area contributed by atoms with Gasteiger partial charge in [-0.25, -0.2) is 8.91 Å². The molecule has 4 nitrogen and oxygen atoms in total. The Morgan fingerprint density at radius 3 is 3.00 bits per heavy atom. The van der Waals surface area contributed by atoms with Gasteiger partial charge in [0.15, 0.2) is 0 Å². The van der Waals surface area contributed by atoms with Crippen LogP contribution < -0.4 is 4.74 Å². The molecule has 0 saturated carbocycles. The van der Waals surface area contributed by atoms with Crippen LogP contribution in [-0.2, 0) is 11.2 Å². The van der Waals surface area contributed by atoms with E-state index in [1.54, 1.807) is 10.6 Å². The highest BCUT2D eigenvalue weighted by Gasteiger charge is 2.31. The first-order chi connectivity index (χ1) is 10.2. The summed E-state index contributed by atoms with van der Waals surface area (Å²) in [6.45, 7) is 0. The fraction of sp³-hybridized carbons (Fsp3) is 0.125. The lowest BCUT2D eigenvalue weighted by Crippen LogP contribution is -2.26. The number of halogens is 1. The van der Waals surface area contributed by atoms with Gasteiger partial charge in [0.2, 0.25) is 0 Å². The number of hydrogen-bond donors (Lipinski definition) is 0. The molecule has 0 spiro atoms. The molecule has 21 heavy (non-hydrogen) atoms. The van der Waals surface area contributed by atoms with Crippen molar-refractivity contribution in [1.82, 2.24) is 9.61 Å². The molecule has 0 fully saturated rings. The molecule has 5 heteroatoms. The van der Waals surface area contributed by atoms with E-state index >= 15 is 0 Å². The van der Waals surface area contributed by atoms with Gasteiger partial charge in [-0.2, -0.15) is 5.10 Å². The standard InChI is InChI=1S/C16H11FN2O2/c17-11-5-4-10-7-13(16(20)21-15(10)8-11)14-9-12-3-1-2-6-19(12)18-14/h1-6,8-9,13H,7H2. The predicted octanol–water partition coefficient (Wildman–Crippen LogP) is 2.72. The maximum absolute atomic E-state index is 13.2. The van der Waals surface area contributed by atoms with Crippen molar-refractivity contribution < 1.29 is 13.9 Å². The summed E-state index contributed by atoms with van der Waals surface area (Å²) in [5.41, 5.74) is 2.41. The van der Waals surface area contributed by atoms with Crippen molar-refractivity contribution in [2.75, 3.05) is 0 Å². The molecule has 0 N–H and O–H groups in total. The minimum atomic E-state index is -0.456. The fourth-order valence-corrected chi connectivity index (χ4v) is 2.63. The highest BCUT2D eigenvalue weighted by atomic mass is 19.1. The zero-order valence-corrected chi connectivity index (χ0v) is 11.0. The van der Waals surface area contributed by atoms with Crippen LogP contribution >= 0.6 is 0 Å². The zero-order chi connectivity index (χ0) is 14.4. The number of carbonyl (C=O) groups is 1. The highest BCUT2D eigenvalue weighted by molar-refractivity contribution is 5.83. The molecule has 1 aliphatic heterocycles. The van der Waals surface area contributed by atoms with Gasteiger partial charge in [0.25, 0.3) is 0 Å². The molecule has 3 aromatic rings. The Balaban J connectivity index is 1.75. The molecular formula is C16H11FN2O2. The molecule has 1 aliphatic rings. The number of nitrogens with zero attached hydrogens (tertiary/aromatic N) is 2. The van der Waals surface area contributed by atoms with Crippen molar-refractivity contribution in [1.29, 1.82) is 0 Å². The molecule has 4 rings (SSSR count). The number of aromatic nitrogens is 2. The number of hydrogen-bond acceptors (Lipinski definition) is 3. The lowest BCUT2D eigenvalue weighted by Gasteiger charge is -2.21. The quantitative estimate of drug-likeness (QED) is 0.509. The molecule has 0 amide bonds. The van der Waals surface area contributed by atoms with Gasteiger partial charge in [-0.15, -0.1) is 0 Å². The van der Waals surface area contributed by atoms with Gasteiger partial charge in [-0.05, 0) is 36.2 Å². The molecule has 1 atom stereocenters. The minimum absolute atomic E-state index is 0.306. The van der Waals surface area contributed by atoms with Crippen LogP contribution in [0.3, 0.4) is 0 Å². The summed E-state index contributed by atoms with van der Waals surface area (Å²) in [5, 5.41) is 4.42. The van der Waals surface area contributed by atoms with E-state index in [0.29, 0.717) is 17.9 Å². The van der Waals surface area contributed by atoms with Crippen LogP contribution in [0.4, 0.5) is 4.39 Å². The summed E-state index contributed by atoms with van der Waals surface area (Å²) in [5.74, 6) is -0.952. The van der Waals surface area contributed by atoms with Crippen LogP contribution in [0.1, 0.15) is 17.2 Å². The summed E-state index contributed by atoms with van der Waals surface area (Å²) in [7, 11) is 0. The third-order valence-corrected chi connectivity index (χ3v) is 3.69. The maximum atomic E-state index is 13.2. The molecule has 0 radical (unpaired) electrons. The summed E-state index contributed by atoms with van der Waals surface area (Å²) in [6.07, 6.45) is 2.30. The average Bonchev–Trinajstić information content (AvgIpc) is 2.90. The summed E-state index contributed by atoms with van der Waals surface area (Å²) >= 11 is 0.